The maximum Gasteiger partial charge on any atom is 0.586 e. The van der Waals surface area contributed by atoms with E-state index >= 15 is 0 Å². The van der Waals surface area contributed by atoms with Crippen LogP contribution in [0.5, 0.6) is 11.5 Å². The fourth-order valence-corrected chi connectivity index (χ4v) is 2.68. The Labute approximate surface area is 118 Å². The summed E-state index contributed by atoms with van der Waals surface area (Å²) >= 11 is 0. The first kappa shape index (κ1) is 14.4. The van der Waals surface area contributed by atoms with E-state index in [4.69, 9.17) is 0 Å². The summed E-state index contributed by atoms with van der Waals surface area (Å²) in [5.74, 6) is -0.510. The van der Waals surface area contributed by atoms with Crippen LogP contribution in [-0.4, -0.2) is 43.8 Å². The Morgan fingerprint density at radius 1 is 1.14 bits per heavy atom. The molecule has 116 valence electrons. The van der Waals surface area contributed by atoms with Crippen LogP contribution in [0.1, 0.15) is 11.6 Å². The maximum atomic E-state index is 13.5. The number of piperazine rings is 1. The first-order valence-electron chi connectivity index (χ1n) is 6.59. The molecule has 0 aromatic heterocycles. The number of rotatable bonds is 3. The number of benzene rings is 1. The van der Waals surface area contributed by atoms with Crippen molar-refractivity contribution in [1.29, 1.82) is 0 Å². The largest absolute Gasteiger partial charge is 0.586 e. The number of hydrogen-bond donors (Lipinski definition) is 1. The lowest BCUT2D eigenvalue weighted by atomic mass is 10.0. The first-order valence-corrected chi connectivity index (χ1v) is 6.59. The standard InChI is InChI=1S/C13H14F4N2O2/c14-12(15)10(19-6-4-18-5-7-19)8-2-1-3-9-11(8)21-13(16,17)20-9/h1-3,10,12,18H,4-7H2/t10-/m0/s1. The second-order valence-electron chi connectivity index (χ2n) is 4.91. The van der Waals surface area contributed by atoms with E-state index in [1.165, 1.54) is 18.2 Å². The minimum Gasteiger partial charge on any atom is -0.395 e. The van der Waals surface area contributed by atoms with Gasteiger partial charge in [0.2, 0.25) is 0 Å². The van der Waals surface area contributed by atoms with Gasteiger partial charge in [0.25, 0.3) is 6.43 Å². The van der Waals surface area contributed by atoms with E-state index < -0.39 is 18.8 Å². The minimum absolute atomic E-state index is 0.0292. The van der Waals surface area contributed by atoms with Crippen molar-refractivity contribution in [3.63, 3.8) is 0 Å². The highest BCUT2D eigenvalue weighted by molar-refractivity contribution is 5.50. The molecule has 1 N–H and O–H groups in total. The molecule has 0 aliphatic carbocycles. The van der Waals surface area contributed by atoms with Gasteiger partial charge in [-0.05, 0) is 6.07 Å². The van der Waals surface area contributed by atoms with Crippen molar-refractivity contribution in [2.45, 2.75) is 18.8 Å². The van der Waals surface area contributed by atoms with Crippen LogP contribution >= 0.6 is 0 Å². The highest BCUT2D eigenvalue weighted by Gasteiger charge is 2.46. The molecule has 3 rings (SSSR count). The van der Waals surface area contributed by atoms with E-state index in [1.54, 1.807) is 4.90 Å². The third kappa shape index (κ3) is 2.77. The van der Waals surface area contributed by atoms with Crippen LogP contribution < -0.4 is 14.8 Å². The molecule has 2 heterocycles. The molecule has 4 nitrogen and oxygen atoms in total. The van der Waals surface area contributed by atoms with Crippen LogP contribution in [0.25, 0.3) is 0 Å². The van der Waals surface area contributed by atoms with Gasteiger partial charge in [0.15, 0.2) is 11.5 Å². The highest BCUT2D eigenvalue weighted by atomic mass is 19.3. The first-order chi connectivity index (χ1) is 9.98. The Kier molecular flexibility index (Phi) is 3.66. The number of nitrogens with zero attached hydrogens (tertiary/aromatic N) is 1. The van der Waals surface area contributed by atoms with E-state index in [-0.39, 0.29) is 17.1 Å². The average molecular weight is 306 g/mol. The SMILES string of the molecule is FC(F)[C@H](c1cccc2c1OC(F)(F)O2)N1CCNCC1. The Bertz CT molecular complexity index is 521. The van der Waals surface area contributed by atoms with Gasteiger partial charge >= 0.3 is 6.29 Å². The second kappa shape index (κ2) is 5.34. The molecule has 0 spiro atoms. The summed E-state index contributed by atoms with van der Waals surface area (Å²) in [5.41, 5.74) is 0.0292. The number of fused-ring (bicyclic) bond motifs is 1. The summed E-state index contributed by atoms with van der Waals surface area (Å²) < 4.78 is 62.0. The van der Waals surface area contributed by atoms with Crippen LogP contribution in [0.4, 0.5) is 17.6 Å². The molecule has 0 bridgehead atoms. The van der Waals surface area contributed by atoms with Gasteiger partial charge in [0.05, 0.1) is 0 Å². The molecule has 1 aromatic carbocycles. The molecular formula is C13H14F4N2O2. The van der Waals surface area contributed by atoms with Crippen molar-refractivity contribution in [2.75, 3.05) is 26.2 Å². The maximum absolute atomic E-state index is 13.5. The number of nitrogens with one attached hydrogen (secondary N) is 1. The average Bonchev–Trinajstić information content (AvgIpc) is 2.75. The topological polar surface area (TPSA) is 33.7 Å². The zero-order chi connectivity index (χ0) is 15.0. The molecule has 8 heteroatoms. The molecule has 2 aliphatic heterocycles. The van der Waals surface area contributed by atoms with Crippen molar-refractivity contribution in [3.8, 4) is 11.5 Å². The fourth-order valence-electron chi connectivity index (χ4n) is 2.68. The van der Waals surface area contributed by atoms with Crippen molar-refractivity contribution < 1.29 is 27.0 Å². The molecule has 1 atom stereocenters. The van der Waals surface area contributed by atoms with Gasteiger partial charge in [-0.2, -0.15) is 0 Å². The molecule has 0 amide bonds. The molecule has 0 radical (unpaired) electrons. The normalized spacial score (nSPS) is 22.5. The second-order valence-corrected chi connectivity index (χ2v) is 4.91. The molecule has 1 saturated heterocycles. The number of hydrogen-bond acceptors (Lipinski definition) is 4. The van der Waals surface area contributed by atoms with Gasteiger partial charge in [-0.3, -0.25) is 4.90 Å². The van der Waals surface area contributed by atoms with Crippen LogP contribution in [-0.2, 0) is 0 Å². The zero-order valence-electron chi connectivity index (χ0n) is 11.0. The van der Waals surface area contributed by atoms with Crippen molar-refractivity contribution in [2.24, 2.45) is 0 Å². The smallest absolute Gasteiger partial charge is 0.395 e. The van der Waals surface area contributed by atoms with E-state index in [1.807, 2.05) is 0 Å². The molecule has 2 aliphatic rings. The monoisotopic (exact) mass is 306 g/mol. The Morgan fingerprint density at radius 2 is 1.86 bits per heavy atom. The zero-order valence-corrected chi connectivity index (χ0v) is 11.0. The quantitative estimate of drug-likeness (QED) is 0.868. The molecule has 21 heavy (non-hydrogen) atoms. The predicted molar refractivity (Wildman–Crippen MR) is 65.8 cm³/mol. The molecule has 0 saturated carbocycles. The van der Waals surface area contributed by atoms with E-state index in [9.17, 15) is 17.6 Å². The minimum atomic E-state index is -3.81. The fraction of sp³-hybridized carbons (Fsp3) is 0.538. The van der Waals surface area contributed by atoms with Gasteiger partial charge in [-0.1, -0.05) is 12.1 Å². The van der Waals surface area contributed by atoms with Crippen molar-refractivity contribution >= 4 is 0 Å². The summed E-state index contributed by atoms with van der Waals surface area (Å²) in [5, 5.41) is 3.06. The van der Waals surface area contributed by atoms with Crippen LogP contribution in [0.3, 0.4) is 0 Å². The lowest BCUT2D eigenvalue weighted by molar-refractivity contribution is -0.287. The number of halogens is 4. The van der Waals surface area contributed by atoms with Gasteiger partial charge in [-0.25, -0.2) is 8.78 Å². The number of para-hydroxylation sites is 1. The third-order valence-electron chi connectivity index (χ3n) is 3.56. The van der Waals surface area contributed by atoms with Gasteiger partial charge in [-0.15, -0.1) is 8.78 Å². The molecule has 1 aromatic rings. The van der Waals surface area contributed by atoms with Gasteiger partial charge < -0.3 is 14.8 Å². The molecular weight excluding hydrogens is 292 g/mol. The lowest BCUT2D eigenvalue weighted by Gasteiger charge is -2.34. The van der Waals surface area contributed by atoms with E-state index in [0.717, 1.165) is 0 Å². The van der Waals surface area contributed by atoms with Gasteiger partial charge in [0.1, 0.15) is 6.04 Å². The number of ether oxygens (including phenoxy) is 2. The summed E-state index contributed by atoms with van der Waals surface area (Å²) in [6, 6.07) is 2.78. The Balaban J connectivity index is 1.96. The third-order valence-corrected chi connectivity index (χ3v) is 3.56. The molecule has 1 fully saturated rings. The van der Waals surface area contributed by atoms with E-state index in [2.05, 4.69) is 14.8 Å². The van der Waals surface area contributed by atoms with Crippen LogP contribution in [0.2, 0.25) is 0 Å². The Hall–Kier alpha value is -1.54. The highest BCUT2D eigenvalue weighted by Crippen LogP contribution is 2.47. The van der Waals surface area contributed by atoms with Crippen molar-refractivity contribution in [1.82, 2.24) is 10.2 Å². The summed E-state index contributed by atoms with van der Waals surface area (Å²) in [7, 11) is 0. The summed E-state index contributed by atoms with van der Waals surface area (Å²) in [6.45, 7) is 1.98. The predicted octanol–water partition coefficient (Wildman–Crippen LogP) is 2.22. The van der Waals surface area contributed by atoms with Crippen LogP contribution in [0, 0.1) is 0 Å². The Morgan fingerprint density at radius 3 is 2.52 bits per heavy atom. The van der Waals surface area contributed by atoms with Crippen molar-refractivity contribution in [3.05, 3.63) is 23.8 Å². The summed E-state index contributed by atoms with van der Waals surface area (Å²) in [6.07, 6.45) is -6.53. The number of alkyl halides is 4. The van der Waals surface area contributed by atoms with Gasteiger partial charge in [0, 0.05) is 31.7 Å². The van der Waals surface area contributed by atoms with E-state index in [0.29, 0.717) is 26.2 Å². The lowest BCUT2D eigenvalue weighted by Crippen LogP contribution is -2.47. The van der Waals surface area contributed by atoms with Crippen LogP contribution in [0.15, 0.2) is 18.2 Å². The summed E-state index contributed by atoms with van der Waals surface area (Å²) in [4.78, 5) is 1.57. The molecule has 0 unspecified atom stereocenters.